The van der Waals surface area contributed by atoms with Crippen LogP contribution in [0.4, 0.5) is 11.4 Å². The number of para-hydroxylation sites is 1. The summed E-state index contributed by atoms with van der Waals surface area (Å²) in [5.74, 6) is 0. The van der Waals surface area contributed by atoms with Crippen molar-refractivity contribution < 1.29 is 0 Å². The molecule has 0 bridgehead atoms. The van der Waals surface area contributed by atoms with Gasteiger partial charge in [0.2, 0.25) is 0 Å². The van der Waals surface area contributed by atoms with Crippen LogP contribution >= 0.6 is 0 Å². The molecule has 0 amide bonds. The van der Waals surface area contributed by atoms with Gasteiger partial charge in [0.05, 0.1) is 17.4 Å². The topological polar surface area (TPSA) is 40.5 Å². The van der Waals surface area contributed by atoms with Gasteiger partial charge in [-0.3, -0.25) is 10.4 Å². The van der Waals surface area contributed by atoms with Gasteiger partial charge in [-0.1, -0.05) is 30.3 Å². The molecule has 0 atom stereocenters. The molecule has 2 aromatic carbocycles. The van der Waals surface area contributed by atoms with E-state index in [0.717, 1.165) is 22.2 Å². The summed E-state index contributed by atoms with van der Waals surface area (Å²) in [5, 5.41) is 5.40. The zero-order chi connectivity index (χ0) is 15.4. The molecule has 1 N–H and O–H groups in total. The lowest BCUT2D eigenvalue weighted by atomic mass is 10.2. The zero-order valence-electron chi connectivity index (χ0n) is 12.7. The Kier molecular flexibility index (Phi) is 4.01. The summed E-state index contributed by atoms with van der Waals surface area (Å²) in [6.07, 6.45) is 3.60. The molecule has 1 aromatic heterocycles. The molecular formula is C18H18N4. The second-order valence-corrected chi connectivity index (χ2v) is 5.24. The smallest absolute Gasteiger partial charge is 0.0951 e. The lowest BCUT2D eigenvalue weighted by Gasteiger charge is -2.11. The van der Waals surface area contributed by atoms with Crippen LogP contribution in [-0.2, 0) is 0 Å². The Balaban J connectivity index is 1.76. The van der Waals surface area contributed by atoms with Gasteiger partial charge < -0.3 is 4.90 Å². The number of aromatic nitrogens is 1. The standard InChI is InChI=1S/C18H18N4/c1-22(2)16-10-8-14(9-11-16)13-20-21-17-7-3-5-15-6-4-12-19-18(15)17/h3-13,21H,1-2H3/b20-13-. The first-order valence-electron chi connectivity index (χ1n) is 7.14. The van der Waals surface area contributed by atoms with Crippen molar-refractivity contribution in [3.8, 4) is 0 Å². The molecule has 4 heteroatoms. The van der Waals surface area contributed by atoms with E-state index < -0.39 is 0 Å². The fraction of sp³-hybridized carbons (Fsp3) is 0.111. The molecule has 0 radical (unpaired) electrons. The maximum absolute atomic E-state index is 4.40. The largest absolute Gasteiger partial charge is 0.378 e. The molecule has 3 rings (SSSR count). The van der Waals surface area contributed by atoms with E-state index in [2.05, 4.69) is 32.5 Å². The minimum absolute atomic E-state index is 0.902. The third kappa shape index (κ3) is 3.06. The van der Waals surface area contributed by atoms with E-state index in [1.807, 2.05) is 56.6 Å². The van der Waals surface area contributed by atoms with Gasteiger partial charge in [0.15, 0.2) is 0 Å². The molecule has 0 aliphatic rings. The fourth-order valence-electron chi connectivity index (χ4n) is 2.23. The summed E-state index contributed by atoms with van der Waals surface area (Å²) in [7, 11) is 4.05. The van der Waals surface area contributed by atoms with Gasteiger partial charge in [-0.25, -0.2) is 0 Å². The SMILES string of the molecule is CN(C)c1ccc(/C=N\Nc2cccc3cccnc23)cc1. The zero-order valence-corrected chi connectivity index (χ0v) is 12.7. The summed E-state index contributed by atoms with van der Waals surface area (Å²) in [6.45, 7) is 0. The summed E-state index contributed by atoms with van der Waals surface area (Å²) >= 11 is 0. The van der Waals surface area contributed by atoms with E-state index in [-0.39, 0.29) is 0 Å². The number of nitrogens with one attached hydrogen (secondary N) is 1. The quantitative estimate of drug-likeness (QED) is 0.587. The fourth-order valence-corrected chi connectivity index (χ4v) is 2.23. The maximum Gasteiger partial charge on any atom is 0.0951 e. The van der Waals surface area contributed by atoms with Gasteiger partial charge in [0.1, 0.15) is 0 Å². The number of benzene rings is 2. The second-order valence-electron chi connectivity index (χ2n) is 5.24. The Morgan fingerprint density at radius 3 is 2.55 bits per heavy atom. The second kappa shape index (κ2) is 6.26. The number of nitrogens with zero attached hydrogens (tertiary/aromatic N) is 3. The van der Waals surface area contributed by atoms with Crippen molar-refractivity contribution >= 4 is 28.5 Å². The van der Waals surface area contributed by atoms with Crippen LogP contribution < -0.4 is 10.3 Å². The Hall–Kier alpha value is -2.88. The van der Waals surface area contributed by atoms with Gasteiger partial charge in [0, 0.05) is 31.4 Å². The van der Waals surface area contributed by atoms with Gasteiger partial charge in [-0.15, -0.1) is 0 Å². The molecular weight excluding hydrogens is 272 g/mol. The van der Waals surface area contributed by atoms with E-state index in [1.54, 1.807) is 12.4 Å². The van der Waals surface area contributed by atoms with Gasteiger partial charge >= 0.3 is 0 Å². The molecule has 0 unspecified atom stereocenters. The highest BCUT2D eigenvalue weighted by Gasteiger charge is 1.99. The van der Waals surface area contributed by atoms with Crippen molar-refractivity contribution in [2.75, 3.05) is 24.4 Å². The number of hydrazone groups is 1. The maximum atomic E-state index is 4.40. The summed E-state index contributed by atoms with van der Waals surface area (Å²) in [6, 6.07) is 18.2. The molecule has 0 saturated heterocycles. The van der Waals surface area contributed by atoms with Gasteiger partial charge in [0.25, 0.3) is 0 Å². The Bertz CT molecular complexity index is 786. The van der Waals surface area contributed by atoms with Crippen molar-refractivity contribution in [3.05, 3.63) is 66.4 Å². The molecule has 0 fully saturated rings. The summed E-state index contributed by atoms with van der Waals surface area (Å²) in [4.78, 5) is 6.47. The highest BCUT2D eigenvalue weighted by Crippen LogP contribution is 2.20. The van der Waals surface area contributed by atoms with Crippen LogP contribution in [-0.4, -0.2) is 25.3 Å². The molecule has 4 nitrogen and oxygen atoms in total. The van der Waals surface area contributed by atoms with Crippen LogP contribution in [0.15, 0.2) is 65.9 Å². The number of pyridine rings is 1. The Labute approximate surface area is 130 Å². The molecule has 110 valence electrons. The Morgan fingerprint density at radius 2 is 1.77 bits per heavy atom. The lowest BCUT2D eigenvalue weighted by molar-refractivity contribution is 1.13. The first-order valence-corrected chi connectivity index (χ1v) is 7.14. The van der Waals surface area contributed by atoms with Gasteiger partial charge in [-0.2, -0.15) is 5.10 Å². The normalized spacial score (nSPS) is 11.0. The van der Waals surface area contributed by atoms with E-state index in [9.17, 15) is 0 Å². The van der Waals surface area contributed by atoms with E-state index in [0.29, 0.717) is 0 Å². The van der Waals surface area contributed by atoms with Crippen LogP contribution in [0, 0.1) is 0 Å². The van der Waals surface area contributed by atoms with Crippen LogP contribution in [0.25, 0.3) is 10.9 Å². The van der Waals surface area contributed by atoms with Crippen LogP contribution in [0.5, 0.6) is 0 Å². The molecule has 0 aliphatic carbocycles. The highest BCUT2D eigenvalue weighted by molar-refractivity contribution is 5.90. The third-order valence-electron chi connectivity index (χ3n) is 3.44. The van der Waals surface area contributed by atoms with Crippen molar-refractivity contribution in [3.63, 3.8) is 0 Å². The van der Waals surface area contributed by atoms with Crippen LogP contribution in [0.2, 0.25) is 0 Å². The first kappa shape index (κ1) is 14.1. The van der Waals surface area contributed by atoms with Crippen LogP contribution in [0.1, 0.15) is 5.56 Å². The number of anilines is 2. The van der Waals surface area contributed by atoms with Crippen molar-refractivity contribution in [2.45, 2.75) is 0 Å². The third-order valence-corrected chi connectivity index (χ3v) is 3.44. The number of hydrogen-bond donors (Lipinski definition) is 1. The number of hydrogen-bond acceptors (Lipinski definition) is 4. The predicted molar refractivity (Wildman–Crippen MR) is 93.7 cm³/mol. The van der Waals surface area contributed by atoms with Crippen LogP contribution in [0.3, 0.4) is 0 Å². The van der Waals surface area contributed by atoms with Crippen molar-refractivity contribution in [1.29, 1.82) is 0 Å². The van der Waals surface area contributed by atoms with E-state index in [1.165, 1.54) is 5.69 Å². The Morgan fingerprint density at radius 1 is 1.00 bits per heavy atom. The van der Waals surface area contributed by atoms with Crippen molar-refractivity contribution in [1.82, 2.24) is 4.98 Å². The van der Waals surface area contributed by atoms with Gasteiger partial charge in [-0.05, 0) is 29.8 Å². The number of rotatable bonds is 4. The average Bonchev–Trinajstić information content (AvgIpc) is 2.55. The van der Waals surface area contributed by atoms with E-state index >= 15 is 0 Å². The predicted octanol–water partition coefficient (Wildman–Crippen LogP) is 3.75. The average molecular weight is 290 g/mol. The number of fused-ring (bicyclic) bond motifs is 1. The summed E-state index contributed by atoms with van der Waals surface area (Å²) in [5.41, 5.74) is 7.11. The molecule has 22 heavy (non-hydrogen) atoms. The molecule has 0 aliphatic heterocycles. The minimum Gasteiger partial charge on any atom is -0.378 e. The molecule has 0 spiro atoms. The molecule has 1 heterocycles. The minimum atomic E-state index is 0.902. The molecule has 0 saturated carbocycles. The lowest BCUT2D eigenvalue weighted by Crippen LogP contribution is -2.08. The summed E-state index contributed by atoms with van der Waals surface area (Å²) < 4.78 is 0. The van der Waals surface area contributed by atoms with Crippen molar-refractivity contribution in [2.24, 2.45) is 5.10 Å². The first-order chi connectivity index (χ1) is 10.7. The highest BCUT2D eigenvalue weighted by atomic mass is 15.3. The monoisotopic (exact) mass is 290 g/mol. The molecule has 3 aromatic rings. The van der Waals surface area contributed by atoms with E-state index in [4.69, 9.17) is 0 Å².